The molecule has 6 nitrogen and oxygen atoms in total. The number of fused-ring (bicyclic) bond motifs is 1. The van der Waals surface area contributed by atoms with Gasteiger partial charge in [0.15, 0.2) is 0 Å². The van der Waals surface area contributed by atoms with Crippen molar-refractivity contribution in [3.63, 3.8) is 0 Å². The van der Waals surface area contributed by atoms with Gasteiger partial charge in [0.25, 0.3) is 5.91 Å². The third-order valence-corrected chi connectivity index (χ3v) is 4.39. The van der Waals surface area contributed by atoms with Gasteiger partial charge >= 0.3 is 0 Å². The van der Waals surface area contributed by atoms with Gasteiger partial charge in [-0.2, -0.15) is 0 Å². The summed E-state index contributed by atoms with van der Waals surface area (Å²) in [6, 6.07) is 11.5. The third-order valence-electron chi connectivity index (χ3n) is 4.39. The van der Waals surface area contributed by atoms with E-state index in [9.17, 15) is 4.79 Å². The molecule has 3 atom stereocenters. The topological polar surface area (TPSA) is 72.5 Å². The first-order valence-electron chi connectivity index (χ1n) is 8.13. The highest BCUT2D eigenvalue weighted by Gasteiger charge is 2.49. The Morgan fingerprint density at radius 2 is 2.17 bits per heavy atom. The second kappa shape index (κ2) is 6.22. The normalized spacial score (nSPS) is 24.3. The minimum Gasteiger partial charge on any atom is -0.478 e. The van der Waals surface area contributed by atoms with E-state index >= 15 is 0 Å². The maximum absolute atomic E-state index is 12.3. The number of carbonyl (C=O) groups is 1. The predicted octanol–water partition coefficient (Wildman–Crippen LogP) is 2.14. The molecule has 0 saturated carbocycles. The van der Waals surface area contributed by atoms with Crippen LogP contribution in [0.4, 0.5) is 5.69 Å². The van der Waals surface area contributed by atoms with Crippen molar-refractivity contribution >= 4 is 11.6 Å². The minimum atomic E-state index is -0.165. The molecule has 3 heterocycles. The van der Waals surface area contributed by atoms with Crippen molar-refractivity contribution in [1.29, 1.82) is 0 Å². The summed E-state index contributed by atoms with van der Waals surface area (Å²) in [4.78, 5) is 16.4. The van der Waals surface area contributed by atoms with E-state index in [0.717, 1.165) is 12.1 Å². The lowest BCUT2D eigenvalue weighted by molar-refractivity contribution is -0.203. The van der Waals surface area contributed by atoms with E-state index in [-0.39, 0.29) is 12.0 Å². The first-order chi connectivity index (χ1) is 11.7. The lowest BCUT2D eigenvalue weighted by Crippen LogP contribution is -2.69. The standard InChI is InChI=1S/C18H19N3O3/c1-2-23-15-8-7-13(9-19-15)21-18(22)12-5-3-11(4-6-12)17-16-14(24-17)10-20-16/h3-9,14,16-17,20H,2,10H2,1H3,(H,21,22)/t14?,16-,17+/m1/s1. The van der Waals surface area contributed by atoms with Gasteiger partial charge in [0.1, 0.15) is 6.10 Å². The van der Waals surface area contributed by atoms with Gasteiger partial charge in [0.05, 0.1) is 30.6 Å². The molecule has 0 aliphatic carbocycles. The van der Waals surface area contributed by atoms with E-state index in [1.54, 1.807) is 18.3 Å². The molecule has 1 unspecified atom stereocenters. The highest BCUT2D eigenvalue weighted by Crippen LogP contribution is 2.39. The lowest BCUT2D eigenvalue weighted by atomic mass is 9.86. The summed E-state index contributed by atoms with van der Waals surface area (Å²) in [5, 5.41) is 6.19. The van der Waals surface area contributed by atoms with Crippen LogP contribution >= 0.6 is 0 Å². The van der Waals surface area contributed by atoms with Gasteiger partial charge in [-0.05, 0) is 30.7 Å². The molecule has 2 aliphatic heterocycles. The third kappa shape index (κ3) is 2.74. The Hall–Kier alpha value is -2.44. The van der Waals surface area contributed by atoms with E-state index in [0.29, 0.717) is 35.9 Å². The molecular weight excluding hydrogens is 306 g/mol. The van der Waals surface area contributed by atoms with Gasteiger partial charge in [-0.3, -0.25) is 4.79 Å². The minimum absolute atomic E-state index is 0.108. The van der Waals surface area contributed by atoms with E-state index in [2.05, 4.69) is 15.6 Å². The molecule has 2 aliphatic rings. The zero-order valence-corrected chi connectivity index (χ0v) is 13.4. The Labute approximate surface area is 140 Å². The van der Waals surface area contributed by atoms with E-state index in [1.807, 2.05) is 31.2 Å². The van der Waals surface area contributed by atoms with Gasteiger partial charge in [0, 0.05) is 18.2 Å². The van der Waals surface area contributed by atoms with Gasteiger partial charge < -0.3 is 20.1 Å². The number of hydrogen-bond donors (Lipinski definition) is 2. The zero-order valence-electron chi connectivity index (χ0n) is 13.4. The molecule has 24 heavy (non-hydrogen) atoms. The van der Waals surface area contributed by atoms with Crippen molar-refractivity contribution in [3.8, 4) is 5.88 Å². The van der Waals surface area contributed by atoms with Crippen LogP contribution in [0.3, 0.4) is 0 Å². The quantitative estimate of drug-likeness (QED) is 0.881. The molecule has 1 aromatic heterocycles. The molecule has 2 fully saturated rings. The Morgan fingerprint density at radius 3 is 2.71 bits per heavy atom. The molecule has 124 valence electrons. The first kappa shape index (κ1) is 15.1. The number of pyridine rings is 1. The first-order valence-corrected chi connectivity index (χ1v) is 8.13. The number of aromatic nitrogens is 1. The summed E-state index contributed by atoms with van der Waals surface area (Å²) in [7, 11) is 0. The highest BCUT2D eigenvalue weighted by atomic mass is 16.5. The number of hydrogen-bond acceptors (Lipinski definition) is 5. The molecule has 2 saturated heterocycles. The fraction of sp³-hybridized carbons (Fsp3) is 0.333. The number of amides is 1. The van der Waals surface area contributed by atoms with Gasteiger partial charge in [-0.15, -0.1) is 0 Å². The molecule has 1 amide bonds. The number of benzene rings is 1. The second-order valence-electron chi connectivity index (χ2n) is 5.92. The summed E-state index contributed by atoms with van der Waals surface area (Å²) >= 11 is 0. The SMILES string of the molecule is CCOc1ccc(NC(=O)c2ccc([C@@H]3OC4CN[C@H]43)cc2)cn1. The van der Waals surface area contributed by atoms with Crippen LogP contribution in [0.5, 0.6) is 5.88 Å². The summed E-state index contributed by atoms with van der Waals surface area (Å²) in [6.07, 6.45) is 2.06. The van der Waals surface area contributed by atoms with Gasteiger partial charge in [-0.25, -0.2) is 4.98 Å². The van der Waals surface area contributed by atoms with Crippen LogP contribution in [0.15, 0.2) is 42.6 Å². The molecule has 4 rings (SSSR count). The van der Waals surface area contributed by atoms with Crippen LogP contribution in [-0.2, 0) is 4.74 Å². The summed E-state index contributed by atoms with van der Waals surface area (Å²) in [5.41, 5.74) is 2.34. The molecule has 0 radical (unpaired) electrons. The molecular formula is C18H19N3O3. The largest absolute Gasteiger partial charge is 0.478 e. The van der Waals surface area contributed by atoms with Crippen molar-refractivity contribution in [3.05, 3.63) is 53.7 Å². The Bertz CT molecular complexity index is 730. The number of carbonyl (C=O) groups excluding carboxylic acids is 1. The summed E-state index contributed by atoms with van der Waals surface area (Å²) in [6.45, 7) is 3.40. The Balaban J connectivity index is 1.39. The molecule has 6 heteroatoms. The van der Waals surface area contributed by atoms with Crippen LogP contribution in [0.1, 0.15) is 28.9 Å². The van der Waals surface area contributed by atoms with Crippen LogP contribution < -0.4 is 15.4 Å². The van der Waals surface area contributed by atoms with E-state index in [1.165, 1.54) is 0 Å². The molecule has 0 spiro atoms. The number of nitrogens with one attached hydrogen (secondary N) is 2. The fourth-order valence-corrected chi connectivity index (χ4v) is 2.97. The Kier molecular flexibility index (Phi) is 3.92. The maximum Gasteiger partial charge on any atom is 0.255 e. The van der Waals surface area contributed by atoms with Crippen molar-refractivity contribution < 1.29 is 14.3 Å². The average Bonchev–Trinajstić information content (AvgIpc) is 2.59. The smallest absolute Gasteiger partial charge is 0.255 e. The van der Waals surface area contributed by atoms with E-state index in [4.69, 9.17) is 9.47 Å². The zero-order chi connectivity index (χ0) is 16.5. The second-order valence-corrected chi connectivity index (χ2v) is 5.92. The average molecular weight is 325 g/mol. The van der Waals surface area contributed by atoms with Crippen molar-refractivity contribution in [2.45, 2.75) is 25.2 Å². The number of ether oxygens (including phenoxy) is 2. The molecule has 0 bridgehead atoms. The molecule has 1 aromatic carbocycles. The predicted molar refractivity (Wildman–Crippen MR) is 89.2 cm³/mol. The maximum atomic E-state index is 12.3. The summed E-state index contributed by atoms with van der Waals surface area (Å²) in [5.74, 6) is 0.380. The van der Waals surface area contributed by atoms with Crippen molar-refractivity contribution in [2.24, 2.45) is 0 Å². The van der Waals surface area contributed by atoms with E-state index < -0.39 is 0 Å². The van der Waals surface area contributed by atoms with Gasteiger partial charge in [0.2, 0.25) is 5.88 Å². The number of rotatable bonds is 5. The number of nitrogens with zero attached hydrogens (tertiary/aromatic N) is 1. The van der Waals surface area contributed by atoms with Crippen LogP contribution in [0.25, 0.3) is 0 Å². The number of anilines is 1. The fourth-order valence-electron chi connectivity index (χ4n) is 2.97. The van der Waals surface area contributed by atoms with Crippen molar-refractivity contribution in [1.82, 2.24) is 10.3 Å². The van der Waals surface area contributed by atoms with Crippen LogP contribution in [0.2, 0.25) is 0 Å². The monoisotopic (exact) mass is 325 g/mol. The van der Waals surface area contributed by atoms with Gasteiger partial charge in [-0.1, -0.05) is 12.1 Å². The summed E-state index contributed by atoms with van der Waals surface area (Å²) < 4.78 is 11.1. The van der Waals surface area contributed by atoms with Crippen LogP contribution in [0, 0.1) is 0 Å². The van der Waals surface area contributed by atoms with Crippen LogP contribution in [-0.4, -0.2) is 36.2 Å². The molecule has 2 N–H and O–H groups in total. The van der Waals surface area contributed by atoms with Crippen molar-refractivity contribution in [2.75, 3.05) is 18.5 Å². The number of morpholine rings is 1. The highest BCUT2D eigenvalue weighted by molar-refractivity contribution is 6.04. The molecule has 2 aromatic rings. The lowest BCUT2D eigenvalue weighted by Gasteiger charge is -2.53. The Morgan fingerprint density at radius 1 is 1.33 bits per heavy atom.